The SMILES string of the molecule is NCc1ccccc1N1CCNCC1CCCOc1ccc2c(c1)OC=CC2C=O. The average Bonchev–Trinajstić information content (AvgIpc) is 2.81. The number of nitrogens with one attached hydrogen (secondary N) is 1. The number of anilines is 1. The normalized spacial score (nSPS) is 20.4. The molecular weight excluding hydrogens is 378 g/mol. The number of hydrogen-bond donors (Lipinski definition) is 2. The summed E-state index contributed by atoms with van der Waals surface area (Å²) in [5.74, 6) is 1.21. The number of para-hydroxylation sites is 1. The zero-order valence-corrected chi connectivity index (χ0v) is 17.1. The van der Waals surface area contributed by atoms with Gasteiger partial charge in [0, 0.05) is 49.5 Å². The Morgan fingerprint density at radius 3 is 3.03 bits per heavy atom. The maximum Gasteiger partial charge on any atom is 0.134 e. The molecule has 2 aromatic rings. The van der Waals surface area contributed by atoms with Gasteiger partial charge in [-0.2, -0.15) is 0 Å². The number of nitrogens with zero attached hydrogens (tertiary/aromatic N) is 1. The summed E-state index contributed by atoms with van der Waals surface area (Å²) in [6, 6.07) is 14.5. The molecular formula is C24H29N3O3. The topological polar surface area (TPSA) is 76.8 Å². The summed E-state index contributed by atoms with van der Waals surface area (Å²) in [7, 11) is 0. The first-order chi connectivity index (χ1) is 14.8. The highest BCUT2D eigenvalue weighted by Gasteiger charge is 2.23. The molecule has 0 bridgehead atoms. The molecule has 0 radical (unpaired) electrons. The van der Waals surface area contributed by atoms with E-state index in [1.54, 1.807) is 12.3 Å². The van der Waals surface area contributed by atoms with Crippen molar-refractivity contribution in [2.75, 3.05) is 31.1 Å². The van der Waals surface area contributed by atoms with Crippen LogP contribution in [0.2, 0.25) is 0 Å². The molecule has 6 heteroatoms. The van der Waals surface area contributed by atoms with E-state index in [-0.39, 0.29) is 5.92 Å². The Labute approximate surface area is 177 Å². The van der Waals surface area contributed by atoms with Crippen LogP contribution in [0.1, 0.15) is 29.9 Å². The Balaban J connectivity index is 1.33. The number of hydrogen-bond acceptors (Lipinski definition) is 6. The van der Waals surface area contributed by atoms with E-state index in [4.69, 9.17) is 15.2 Å². The summed E-state index contributed by atoms with van der Waals surface area (Å²) in [5, 5.41) is 3.51. The van der Waals surface area contributed by atoms with Crippen molar-refractivity contribution >= 4 is 12.0 Å². The molecule has 1 saturated heterocycles. The number of fused-ring (bicyclic) bond motifs is 1. The van der Waals surface area contributed by atoms with Crippen molar-refractivity contribution in [2.45, 2.75) is 31.3 Å². The van der Waals surface area contributed by atoms with E-state index in [2.05, 4.69) is 28.4 Å². The van der Waals surface area contributed by atoms with Crippen LogP contribution in [0.25, 0.3) is 0 Å². The minimum atomic E-state index is -0.246. The predicted molar refractivity (Wildman–Crippen MR) is 118 cm³/mol. The zero-order chi connectivity index (χ0) is 20.8. The van der Waals surface area contributed by atoms with E-state index in [1.807, 2.05) is 24.3 Å². The third-order valence-corrected chi connectivity index (χ3v) is 5.79. The van der Waals surface area contributed by atoms with Gasteiger partial charge in [-0.15, -0.1) is 0 Å². The van der Waals surface area contributed by atoms with Gasteiger partial charge in [-0.3, -0.25) is 0 Å². The van der Waals surface area contributed by atoms with Crippen LogP contribution in [-0.2, 0) is 11.3 Å². The third-order valence-electron chi connectivity index (χ3n) is 5.79. The van der Waals surface area contributed by atoms with Crippen molar-refractivity contribution in [1.29, 1.82) is 0 Å². The Hall–Kier alpha value is -2.83. The molecule has 0 aliphatic carbocycles. The monoisotopic (exact) mass is 407 g/mol. The predicted octanol–water partition coefficient (Wildman–Crippen LogP) is 2.97. The smallest absolute Gasteiger partial charge is 0.134 e. The molecule has 2 heterocycles. The largest absolute Gasteiger partial charge is 0.493 e. The van der Waals surface area contributed by atoms with Crippen LogP contribution in [-0.4, -0.2) is 38.6 Å². The highest BCUT2D eigenvalue weighted by Crippen LogP contribution is 2.34. The van der Waals surface area contributed by atoms with Gasteiger partial charge in [0.25, 0.3) is 0 Å². The van der Waals surface area contributed by atoms with Crippen LogP contribution in [0.4, 0.5) is 5.69 Å². The van der Waals surface area contributed by atoms with Crippen LogP contribution in [0, 0.1) is 0 Å². The molecule has 2 aliphatic heterocycles. The first-order valence-electron chi connectivity index (χ1n) is 10.6. The van der Waals surface area contributed by atoms with Crippen molar-refractivity contribution in [2.24, 2.45) is 5.73 Å². The molecule has 2 unspecified atom stereocenters. The summed E-state index contributed by atoms with van der Waals surface area (Å²) in [5.41, 5.74) is 9.28. The standard InChI is InChI=1S/C24H29N3O3/c25-15-18-4-1-2-6-23(18)27-11-10-26-16-20(27)5-3-12-29-21-7-8-22-19(17-28)9-13-30-24(22)14-21/h1-2,4,6-9,13-14,17,19-20,26H,3,5,10-12,15-16,25H2. The molecule has 1 fully saturated rings. The van der Waals surface area contributed by atoms with Gasteiger partial charge in [0.2, 0.25) is 0 Å². The molecule has 2 aromatic carbocycles. The second-order valence-corrected chi connectivity index (χ2v) is 7.68. The van der Waals surface area contributed by atoms with E-state index < -0.39 is 0 Å². The summed E-state index contributed by atoms with van der Waals surface area (Å²) in [6.07, 6.45) is 6.22. The number of nitrogens with two attached hydrogens (primary N) is 1. The number of piperazine rings is 1. The molecule has 6 nitrogen and oxygen atoms in total. The highest BCUT2D eigenvalue weighted by atomic mass is 16.5. The molecule has 3 N–H and O–H groups in total. The number of benzene rings is 2. The van der Waals surface area contributed by atoms with Gasteiger partial charge in [-0.25, -0.2) is 0 Å². The van der Waals surface area contributed by atoms with Crippen molar-refractivity contribution < 1.29 is 14.3 Å². The number of carbonyl (C=O) groups excluding carboxylic acids is 1. The average molecular weight is 408 g/mol. The van der Waals surface area contributed by atoms with E-state index in [0.29, 0.717) is 24.9 Å². The van der Waals surface area contributed by atoms with E-state index in [1.165, 1.54) is 11.3 Å². The first kappa shape index (κ1) is 20.4. The van der Waals surface area contributed by atoms with Gasteiger partial charge >= 0.3 is 0 Å². The lowest BCUT2D eigenvalue weighted by Gasteiger charge is -2.39. The number of ether oxygens (including phenoxy) is 2. The summed E-state index contributed by atoms with van der Waals surface area (Å²) < 4.78 is 11.5. The number of allylic oxidation sites excluding steroid dienone is 1. The maximum absolute atomic E-state index is 11.2. The van der Waals surface area contributed by atoms with Crippen LogP contribution >= 0.6 is 0 Å². The lowest BCUT2D eigenvalue weighted by molar-refractivity contribution is -0.108. The Morgan fingerprint density at radius 1 is 1.27 bits per heavy atom. The Bertz CT molecular complexity index is 899. The summed E-state index contributed by atoms with van der Waals surface area (Å²) in [4.78, 5) is 13.7. The Morgan fingerprint density at radius 2 is 2.17 bits per heavy atom. The van der Waals surface area contributed by atoms with Gasteiger partial charge in [0.05, 0.1) is 18.8 Å². The minimum Gasteiger partial charge on any atom is -0.493 e. The van der Waals surface area contributed by atoms with Crippen LogP contribution < -0.4 is 25.4 Å². The molecule has 0 spiro atoms. The fraction of sp³-hybridized carbons (Fsp3) is 0.375. The van der Waals surface area contributed by atoms with Crippen LogP contribution in [0.3, 0.4) is 0 Å². The molecule has 30 heavy (non-hydrogen) atoms. The van der Waals surface area contributed by atoms with E-state index in [9.17, 15) is 4.79 Å². The van der Waals surface area contributed by atoms with Crippen molar-refractivity contribution in [3.63, 3.8) is 0 Å². The number of carbonyl (C=O) groups is 1. The van der Waals surface area contributed by atoms with Gasteiger partial charge in [-0.1, -0.05) is 24.3 Å². The number of aldehydes is 1. The minimum absolute atomic E-state index is 0.246. The molecule has 0 aromatic heterocycles. The molecule has 2 aliphatic rings. The quantitative estimate of drug-likeness (QED) is 0.518. The van der Waals surface area contributed by atoms with E-state index >= 15 is 0 Å². The molecule has 158 valence electrons. The van der Waals surface area contributed by atoms with Gasteiger partial charge in [-0.05, 0) is 36.6 Å². The fourth-order valence-electron chi connectivity index (χ4n) is 4.21. The number of rotatable bonds is 8. The second kappa shape index (κ2) is 9.78. The second-order valence-electron chi connectivity index (χ2n) is 7.68. The third kappa shape index (κ3) is 4.50. The molecule has 0 saturated carbocycles. The van der Waals surface area contributed by atoms with Gasteiger partial charge in [0.1, 0.15) is 17.8 Å². The van der Waals surface area contributed by atoms with Crippen molar-refractivity contribution in [3.8, 4) is 11.5 Å². The van der Waals surface area contributed by atoms with Crippen LogP contribution in [0.5, 0.6) is 11.5 Å². The molecule has 4 rings (SSSR count). The van der Waals surface area contributed by atoms with Crippen LogP contribution in [0.15, 0.2) is 54.8 Å². The first-order valence-corrected chi connectivity index (χ1v) is 10.6. The van der Waals surface area contributed by atoms with E-state index in [0.717, 1.165) is 50.1 Å². The maximum atomic E-state index is 11.2. The lowest BCUT2D eigenvalue weighted by Crippen LogP contribution is -2.51. The molecule has 0 amide bonds. The summed E-state index contributed by atoms with van der Waals surface area (Å²) in [6.45, 7) is 4.11. The lowest BCUT2D eigenvalue weighted by atomic mass is 9.98. The fourth-order valence-corrected chi connectivity index (χ4v) is 4.21. The highest BCUT2D eigenvalue weighted by molar-refractivity contribution is 5.69. The molecule has 2 atom stereocenters. The van der Waals surface area contributed by atoms with Crippen molar-refractivity contribution in [1.82, 2.24) is 5.32 Å². The van der Waals surface area contributed by atoms with Crippen molar-refractivity contribution in [3.05, 3.63) is 65.9 Å². The summed E-state index contributed by atoms with van der Waals surface area (Å²) >= 11 is 0. The van der Waals surface area contributed by atoms with Gasteiger partial charge < -0.3 is 30.2 Å². The van der Waals surface area contributed by atoms with Gasteiger partial charge in [0.15, 0.2) is 0 Å². The Kier molecular flexibility index (Phi) is 6.67. The zero-order valence-electron chi connectivity index (χ0n) is 17.1.